The van der Waals surface area contributed by atoms with E-state index in [2.05, 4.69) is 116 Å². The highest BCUT2D eigenvalue weighted by Crippen LogP contribution is 2.35. The van der Waals surface area contributed by atoms with Crippen molar-refractivity contribution in [3.05, 3.63) is 96.2 Å². The summed E-state index contributed by atoms with van der Waals surface area (Å²) in [5.74, 6) is 1.01. The molecule has 3 aromatic carbocycles. The first kappa shape index (κ1) is 21.2. The van der Waals surface area contributed by atoms with E-state index in [1.54, 1.807) is 0 Å². The summed E-state index contributed by atoms with van der Waals surface area (Å²) in [4.78, 5) is 12.4. The van der Waals surface area contributed by atoms with Gasteiger partial charge in [-0.05, 0) is 48.7 Å². The van der Waals surface area contributed by atoms with Crippen LogP contribution in [0.1, 0.15) is 32.0 Å². The van der Waals surface area contributed by atoms with Gasteiger partial charge in [0.15, 0.2) is 0 Å². The zero-order valence-electron chi connectivity index (χ0n) is 19.7. The lowest BCUT2D eigenvalue weighted by Crippen LogP contribution is -2.34. The van der Waals surface area contributed by atoms with Gasteiger partial charge in [0.2, 0.25) is 0 Å². The minimum Gasteiger partial charge on any atom is -0.353 e. The molecular weight excluding hydrogens is 404 g/mol. The fourth-order valence-electron chi connectivity index (χ4n) is 4.31. The molecule has 1 aliphatic rings. The summed E-state index contributed by atoms with van der Waals surface area (Å²) in [6.07, 6.45) is 0. The zero-order valence-corrected chi connectivity index (χ0v) is 19.7. The van der Waals surface area contributed by atoms with Crippen molar-refractivity contribution in [2.75, 3.05) is 16.8 Å². The quantitative estimate of drug-likeness (QED) is 0.377. The molecule has 4 aromatic rings. The Kier molecular flexibility index (Phi) is 5.37. The molecule has 0 bridgehead atoms. The van der Waals surface area contributed by atoms with Gasteiger partial charge in [-0.3, -0.25) is 9.98 Å². The van der Waals surface area contributed by atoms with E-state index in [1.807, 2.05) is 6.92 Å². The summed E-state index contributed by atoms with van der Waals surface area (Å²) in [5, 5.41) is 4.80. The molecule has 4 heteroatoms. The summed E-state index contributed by atoms with van der Waals surface area (Å²) < 4.78 is 0. The van der Waals surface area contributed by atoms with Gasteiger partial charge in [-0.1, -0.05) is 69.3 Å². The zero-order chi connectivity index (χ0) is 23.0. The molecule has 166 valence electrons. The maximum Gasteiger partial charge on any atom is 0.137 e. The SMILES string of the molecule is Cc1ccc2cccc(Nc3ccccc3C3=N[C@H](C(C)(C)C)CN3c3ccccc3)c2n1. The first-order valence-corrected chi connectivity index (χ1v) is 11.5. The second-order valence-electron chi connectivity index (χ2n) is 9.78. The van der Waals surface area contributed by atoms with E-state index in [1.165, 1.54) is 5.69 Å². The van der Waals surface area contributed by atoms with E-state index in [4.69, 9.17) is 9.98 Å². The van der Waals surface area contributed by atoms with Crippen LogP contribution in [-0.4, -0.2) is 23.4 Å². The Bertz CT molecular complexity index is 1320. The number of aryl methyl sites for hydroxylation is 1. The van der Waals surface area contributed by atoms with E-state index in [-0.39, 0.29) is 11.5 Å². The van der Waals surface area contributed by atoms with Gasteiger partial charge >= 0.3 is 0 Å². The van der Waals surface area contributed by atoms with Crippen LogP contribution < -0.4 is 10.2 Å². The van der Waals surface area contributed by atoms with Gasteiger partial charge in [-0.25, -0.2) is 0 Å². The molecule has 5 rings (SSSR count). The number of rotatable bonds is 4. The van der Waals surface area contributed by atoms with E-state index in [9.17, 15) is 0 Å². The number of benzene rings is 3. The predicted molar refractivity (Wildman–Crippen MR) is 140 cm³/mol. The van der Waals surface area contributed by atoms with Gasteiger partial charge < -0.3 is 10.2 Å². The topological polar surface area (TPSA) is 40.5 Å². The number of amidine groups is 1. The third-order valence-corrected chi connectivity index (χ3v) is 6.25. The summed E-state index contributed by atoms with van der Waals surface area (Å²) in [6.45, 7) is 9.69. The Hall–Kier alpha value is -3.66. The third-order valence-electron chi connectivity index (χ3n) is 6.25. The van der Waals surface area contributed by atoms with Gasteiger partial charge in [-0.15, -0.1) is 0 Å². The van der Waals surface area contributed by atoms with Crippen molar-refractivity contribution in [2.24, 2.45) is 10.4 Å². The third kappa shape index (κ3) is 4.21. The van der Waals surface area contributed by atoms with Crippen LogP contribution in [0.4, 0.5) is 17.1 Å². The van der Waals surface area contributed by atoms with Crippen molar-refractivity contribution in [2.45, 2.75) is 33.7 Å². The van der Waals surface area contributed by atoms with Crippen molar-refractivity contribution >= 4 is 33.8 Å². The highest BCUT2D eigenvalue weighted by Gasteiger charge is 2.35. The van der Waals surface area contributed by atoms with E-state index in [0.29, 0.717) is 0 Å². The average molecular weight is 435 g/mol. The highest BCUT2D eigenvalue weighted by molar-refractivity contribution is 6.15. The first-order valence-electron chi connectivity index (χ1n) is 11.5. The molecule has 0 saturated heterocycles. The Labute approximate surface area is 196 Å². The molecular formula is C29H30N4. The Morgan fingerprint density at radius 2 is 1.55 bits per heavy atom. The summed E-state index contributed by atoms with van der Waals surface area (Å²) in [5.41, 5.74) is 6.36. The minimum atomic E-state index is 0.0776. The maximum absolute atomic E-state index is 5.25. The van der Waals surface area contributed by atoms with Gasteiger partial charge in [-0.2, -0.15) is 0 Å². The van der Waals surface area contributed by atoms with Crippen molar-refractivity contribution in [1.82, 2.24) is 4.98 Å². The molecule has 1 atom stereocenters. The predicted octanol–water partition coefficient (Wildman–Crippen LogP) is 6.97. The Balaban J connectivity index is 1.60. The molecule has 33 heavy (non-hydrogen) atoms. The number of aromatic nitrogens is 1. The van der Waals surface area contributed by atoms with Gasteiger partial charge in [0.1, 0.15) is 5.84 Å². The Morgan fingerprint density at radius 1 is 0.818 bits per heavy atom. The summed E-state index contributed by atoms with van der Waals surface area (Å²) in [7, 11) is 0. The molecule has 0 aliphatic carbocycles. The monoisotopic (exact) mass is 434 g/mol. The minimum absolute atomic E-state index is 0.0776. The van der Waals surface area contributed by atoms with Crippen LogP contribution >= 0.6 is 0 Å². The Morgan fingerprint density at radius 3 is 2.33 bits per heavy atom. The number of nitrogens with zero attached hydrogens (tertiary/aromatic N) is 3. The molecule has 2 heterocycles. The second kappa shape index (κ2) is 8.36. The molecule has 0 saturated carbocycles. The molecule has 4 nitrogen and oxygen atoms in total. The van der Waals surface area contributed by atoms with Gasteiger partial charge in [0, 0.05) is 34.6 Å². The number of nitrogens with one attached hydrogen (secondary N) is 1. The number of hydrogen-bond donors (Lipinski definition) is 1. The fraction of sp³-hybridized carbons (Fsp3) is 0.241. The standard InChI is InChI=1S/C29H30N4/c1-20-17-18-21-11-10-16-25(27(21)30-20)31-24-15-9-8-14-23(24)28-32-26(29(2,3)4)19-33(28)22-12-6-5-7-13-22/h5-18,26,31H,19H2,1-4H3/t26-/m0/s1. The summed E-state index contributed by atoms with van der Waals surface area (Å²) in [6, 6.07) is 29.7. The average Bonchev–Trinajstić information content (AvgIpc) is 3.26. The van der Waals surface area contributed by atoms with Crippen LogP contribution in [0.3, 0.4) is 0 Å². The first-order chi connectivity index (χ1) is 15.9. The van der Waals surface area contributed by atoms with Gasteiger partial charge in [0.25, 0.3) is 0 Å². The van der Waals surface area contributed by atoms with E-state index < -0.39 is 0 Å². The van der Waals surface area contributed by atoms with E-state index >= 15 is 0 Å². The maximum atomic E-state index is 5.25. The lowest BCUT2D eigenvalue weighted by molar-refractivity contribution is 0.337. The molecule has 0 unspecified atom stereocenters. The number of hydrogen-bond acceptors (Lipinski definition) is 4. The van der Waals surface area contributed by atoms with Crippen LogP contribution in [0.5, 0.6) is 0 Å². The molecule has 0 fully saturated rings. The van der Waals surface area contributed by atoms with Crippen LogP contribution in [0, 0.1) is 12.3 Å². The number of pyridine rings is 1. The molecule has 0 amide bonds. The molecule has 0 spiro atoms. The molecule has 1 aromatic heterocycles. The number of fused-ring (bicyclic) bond motifs is 1. The highest BCUT2D eigenvalue weighted by atomic mass is 15.3. The lowest BCUT2D eigenvalue weighted by atomic mass is 9.87. The van der Waals surface area contributed by atoms with Crippen molar-refractivity contribution < 1.29 is 0 Å². The summed E-state index contributed by atoms with van der Waals surface area (Å²) >= 11 is 0. The van der Waals surface area contributed by atoms with Gasteiger partial charge in [0.05, 0.1) is 17.2 Å². The van der Waals surface area contributed by atoms with Crippen molar-refractivity contribution in [3.63, 3.8) is 0 Å². The fourth-order valence-corrected chi connectivity index (χ4v) is 4.31. The lowest BCUT2D eigenvalue weighted by Gasteiger charge is -2.26. The van der Waals surface area contributed by atoms with E-state index in [0.717, 1.165) is 45.9 Å². The van der Waals surface area contributed by atoms with Crippen LogP contribution in [0.2, 0.25) is 0 Å². The smallest absolute Gasteiger partial charge is 0.137 e. The largest absolute Gasteiger partial charge is 0.353 e. The number of anilines is 3. The van der Waals surface area contributed by atoms with Crippen molar-refractivity contribution in [3.8, 4) is 0 Å². The van der Waals surface area contributed by atoms with Crippen LogP contribution in [0.25, 0.3) is 10.9 Å². The number of aliphatic imine (C=N–C) groups is 1. The second-order valence-corrected chi connectivity index (χ2v) is 9.78. The van der Waals surface area contributed by atoms with Crippen LogP contribution in [-0.2, 0) is 0 Å². The number of para-hydroxylation sites is 3. The molecule has 1 N–H and O–H groups in total. The normalized spacial score (nSPS) is 16.2. The van der Waals surface area contributed by atoms with Crippen LogP contribution in [0.15, 0.2) is 89.9 Å². The molecule has 1 aliphatic heterocycles. The van der Waals surface area contributed by atoms with Crippen molar-refractivity contribution in [1.29, 1.82) is 0 Å². The molecule has 0 radical (unpaired) electrons.